The minimum atomic E-state index is 0.160. The maximum absolute atomic E-state index is 12.1. The zero-order valence-electron chi connectivity index (χ0n) is 39.2. The van der Waals surface area contributed by atoms with Crippen molar-refractivity contribution in [2.75, 3.05) is 45.6 Å². The SMILES string of the molecule is C#CCC.C/C=N\N1C=CC(Oc2ccc(Nc3ncnc4cc(CCC)c(C)nc34)cc2C)=CC1.CC.CC.CCCN(CCCC(C)CC)C(=O)/C=C/CN(C)C. The highest BCUT2D eigenvalue weighted by molar-refractivity contribution is 5.88. The summed E-state index contributed by atoms with van der Waals surface area (Å²) in [6.07, 6.45) is 25.1. The van der Waals surface area contributed by atoms with Gasteiger partial charge in [0.1, 0.15) is 23.4 Å². The van der Waals surface area contributed by atoms with Crippen LogP contribution in [0, 0.1) is 32.1 Å². The van der Waals surface area contributed by atoms with Gasteiger partial charge in [-0.25, -0.2) is 15.0 Å². The van der Waals surface area contributed by atoms with Crippen molar-refractivity contribution in [3.63, 3.8) is 0 Å². The summed E-state index contributed by atoms with van der Waals surface area (Å²) in [5.41, 5.74) is 5.83. The predicted molar refractivity (Wildman–Crippen MR) is 254 cm³/mol. The molecule has 0 fully saturated rings. The normalized spacial score (nSPS) is 12.2. The van der Waals surface area contributed by atoms with E-state index >= 15 is 0 Å². The summed E-state index contributed by atoms with van der Waals surface area (Å²) < 4.78 is 6.07. The van der Waals surface area contributed by atoms with Gasteiger partial charge in [-0.05, 0) is 114 Å². The second-order valence-corrected chi connectivity index (χ2v) is 13.9. The predicted octanol–water partition coefficient (Wildman–Crippen LogP) is 11.7. The zero-order valence-corrected chi connectivity index (χ0v) is 39.2. The first-order chi connectivity index (χ1) is 28.5. The number of nitrogens with zero attached hydrogens (tertiary/aromatic N) is 7. The number of hydrazone groups is 1. The molecule has 3 heterocycles. The minimum Gasteiger partial charge on any atom is -0.457 e. The Morgan fingerprint density at radius 1 is 1.07 bits per heavy atom. The number of anilines is 2. The van der Waals surface area contributed by atoms with Crippen LogP contribution in [-0.2, 0) is 11.2 Å². The van der Waals surface area contributed by atoms with Crippen molar-refractivity contribution in [1.82, 2.24) is 29.8 Å². The maximum Gasteiger partial charge on any atom is 0.246 e. The van der Waals surface area contributed by atoms with Crippen LogP contribution >= 0.6 is 0 Å². The van der Waals surface area contributed by atoms with Crippen LogP contribution in [0.15, 0.2) is 72.0 Å². The van der Waals surface area contributed by atoms with E-state index in [0.717, 1.165) is 97.1 Å². The van der Waals surface area contributed by atoms with Gasteiger partial charge in [-0.2, -0.15) is 5.10 Å². The molecule has 1 N–H and O–H groups in total. The van der Waals surface area contributed by atoms with Gasteiger partial charge in [0.15, 0.2) is 5.82 Å². The third-order valence-electron chi connectivity index (χ3n) is 8.81. The number of benzene rings is 1. The highest BCUT2D eigenvalue weighted by atomic mass is 16.5. The fourth-order valence-corrected chi connectivity index (χ4v) is 5.52. The Morgan fingerprint density at radius 3 is 2.34 bits per heavy atom. The smallest absolute Gasteiger partial charge is 0.246 e. The first-order valence-electron chi connectivity index (χ1n) is 21.8. The van der Waals surface area contributed by atoms with Crippen LogP contribution in [0.2, 0.25) is 0 Å². The van der Waals surface area contributed by atoms with E-state index in [1.165, 1.54) is 18.4 Å². The van der Waals surface area contributed by atoms with Gasteiger partial charge in [-0.1, -0.05) is 81.2 Å². The molecule has 1 aliphatic rings. The lowest BCUT2D eigenvalue weighted by atomic mass is 10.0. The van der Waals surface area contributed by atoms with E-state index in [9.17, 15) is 4.79 Å². The number of hydrogen-bond acceptors (Lipinski definition) is 9. The van der Waals surface area contributed by atoms with E-state index in [-0.39, 0.29) is 5.91 Å². The fraction of sp³-hybridized carbons (Fsp3) is 0.531. The van der Waals surface area contributed by atoms with Crippen molar-refractivity contribution >= 4 is 34.7 Å². The first kappa shape index (κ1) is 54.0. The molecule has 0 spiro atoms. The van der Waals surface area contributed by atoms with Gasteiger partial charge < -0.3 is 19.9 Å². The molecule has 10 heteroatoms. The Labute approximate surface area is 359 Å². The van der Waals surface area contributed by atoms with Crippen molar-refractivity contribution in [2.24, 2.45) is 11.0 Å². The largest absolute Gasteiger partial charge is 0.457 e. The number of aromatic nitrogens is 3. The van der Waals surface area contributed by atoms with Crippen molar-refractivity contribution in [2.45, 2.75) is 128 Å². The highest BCUT2D eigenvalue weighted by Gasteiger charge is 2.12. The van der Waals surface area contributed by atoms with Crippen LogP contribution in [0.5, 0.6) is 5.75 Å². The second-order valence-electron chi connectivity index (χ2n) is 13.9. The number of aryl methyl sites for hydroxylation is 3. The average Bonchev–Trinajstić information content (AvgIpc) is 3.24. The molecule has 1 atom stereocenters. The summed E-state index contributed by atoms with van der Waals surface area (Å²) in [5, 5.41) is 9.48. The van der Waals surface area contributed by atoms with Gasteiger partial charge in [-0.3, -0.25) is 9.80 Å². The second kappa shape index (κ2) is 32.9. The fourth-order valence-electron chi connectivity index (χ4n) is 5.52. The number of carbonyl (C=O) groups excluding carboxylic acids is 1. The number of allylic oxidation sites excluding steroid dienone is 1. The van der Waals surface area contributed by atoms with Gasteiger partial charge >= 0.3 is 0 Å². The molecule has 4 rings (SSSR count). The number of rotatable bonds is 17. The van der Waals surface area contributed by atoms with E-state index in [0.29, 0.717) is 12.4 Å². The number of hydrogen-bond donors (Lipinski definition) is 1. The number of ether oxygens (including phenoxy) is 1. The molecule has 0 bridgehead atoms. The molecule has 59 heavy (non-hydrogen) atoms. The number of fused-ring (bicyclic) bond motifs is 1. The topological polar surface area (TPSA) is 99.1 Å². The number of amides is 1. The van der Waals surface area contributed by atoms with Gasteiger partial charge in [0, 0.05) is 55.9 Å². The molecular formula is C49H78N8O2. The van der Waals surface area contributed by atoms with Crippen LogP contribution in [0.1, 0.15) is 125 Å². The summed E-state index contributed by atoms with van der Waals surface area (Å²) in [6, 6.07) is 8.11. The quantitative estimate of drug-likeness (QED) is 0.0817. The van der Waals surface area contributed by atoms with Crippen molar-refractivity contribution in [3.05, 3.63) is 83.7 Å². The number of nitrogens with one attached hydrogen (secondary N) is 1. The molecule has 0 saturated heterocycles. The third-order valence-corrected chi connectivity index (χ3v) is 8.81. The monoisotopic (exact) mass is 811 g/mol. The van der Waals surface area contributed by atoms with Crippen LogP contribution in [0.3, 0.4) is 0 Å². The Kier molecular flexibility index (Phi) is 30.1. The van der Waals surface area contributed by atoms with Crippen molar-refractivity contribution in [1.29, 1.82) is 0 Å². The van der Waals surface area contributed by atoms with E-state index in [2.05, 4.69) is 65.0 Å². The Bertz CT molecular complexity index is 1770. The molecule has 326 valence electrons. The van der Waals surface area contributed by atoms with E-state index in [4.69, 9.17) is 16.1 Å². The lowest BCUT2D eigenvalue weighted by Gasteiger charge is -2.21. The van der Waals surface area contributed by atoms with Gasteiger partial charge in [0.2, 0.25) is 5.91 Å². The molecule has 3 aromatic rings. The summed E-state index contributed by atoms with van der Waals surface area (Å²) in [4.78, 5) is 29.8. The maximum atomic E-state index is 12.1. The van der Waals surface area contributed by atoms with Crippen LogP contribution in [-0.4, -0.2) is 82.2 Å². The zero-order chi connectivity index (χ0) is 44.6. The lowest BCUT2D eigenvalue weighted by Crippen LogP contribution is -2.31. The van der Waals surface area contributed by atoms with Crippen molar-refractivity contribution in [3.8, 4) is 18.1 Å². The molecule has 1 unspecified atom stereocenters. The van der Waals surface area contributed by atoms with Crippen LogP contribution < -0.4 is 10.1 Å². The summed E-state index contributed by atoms with van der Waals surface area (Å²) in [6.45, 7) is 28.0. The average molecular weight is 811 g/mol. The van der Waals surface area contributed by atoms with Gasteiger partial charge in [0.05, 0.1) is 12.1 Å². The minimum absolute atomic E-state index is 0.160. The molecule has 1 amide bonds. The molecule has 0 aliphatic carbocycles. The van der Waals surface area contributed by atoms with Crippen LogP contribution in [0.4, 0.5) is 11.5 Å². The first-order valence-corrected chi connectivity index (χ1v) is 21.8. The van der Waals surface area contributed by atoms with Crippen molar-refractivity contribution < 1.29 is 9.53 Å². The number of likely N-dealkylation sites (N-methyl/N-ethyl adjacent to an activating group) is 1. The van der Waals surface area contributed by atoms with Gasteiger partial charge in [-0.15, -0.1) is 12.3 Å². The van der Waals surface area contributed by atoms with E-state index < -0.39 is 0 Å². The highest BCUT2D eigenvalue weighted by Crippen LogP contribution is 2.28. The Morgan fingerprint density at radius 2 is 1.78 bits per heavy atom. The number of terminal acetylenes is 1. The molecule has 10 nitrogen and oxygen atoms in total. The molecule has 1 aliphatic heterocycles. The molecule has 0 saturated carbocycles. The summed E-state index contributed by atoms with van der Waals surface area (Å²) in [7, 11) is 4.01. The number of carbonyl (C=O) groups is 1. The van der Waals surface area contributed by atoms with Gasteiger partial charge in [0.25, 0.3) is 0 Å². The Hall–Kier alpha value is -5.01. The molecule has 0 radical (unpaired) electrons. The van der Waals surface area contributed by atoms with E-state index in [1.54, 1.807) is 18.6 Å². The van der Waals surface area contributed by atoms with E-state index in [1.807, 2.05) is 122 Å². The molecule has 2 aromatic heterocycles. The summed E-state index contributed by atoms with van der Waals surface area (Å²) >= 11 is 0. The molecule has 1 aromatic carbocycles. The Balaban J connectivity index is 0.00000106. The molecular weight excluding hydrogens is 733 g/mol. The van der Waals surface area contributed by atoms with Crippen LogP contribution in [0.25, 0.3) is 11.0 Å². The number of pyridine rings is 1. The standard InChI is InChI=1S/C25H28N6O.C16H32N2O.C4H6.2C2H6/c1-5-7-19-15-22-24(29-18(19)4)25(27-16-26-22)30-20-8-9-23(17(3)14-20)32-21-10-12-31(13-11-21)28-6-2;1-6-12-18(14-8-10-15(3)7-2)16(19)11-9-13-17(4)5;1-3-4-2;2*1-2/h6,8-12,14-16H,5,7,13H2,1-4H3,(H,26,27,30);9,11,15H,6-8,10,12-14H2,1-5H3;1H,4H2,2H3;2*1-2H3/b28-6-;11-9+;;;. The third kappa shape index (κ3) is 21.5. The lowest BCUT2D eigenvalue weighted by molar-refractivity contribution is -0.126. The summed E-state index contributed by atoms with van der Waals surface area (Å²) in [5.74, 6) is 5.67.